The van der Waals surface area contributed by atoms with Crippen molar-refractivity contribution in [3.05, 3.63) is 40.4 Å². The monoisotopic (exact) mass is 261 g/mol. The Hall–Kier alpha value is -1.55. The number of oxazole rings is 1. The SMILES string of the molecule is CCn1c(C)cc(CNCc2nc(C)c(C)o2)c1C. The molecule has 2 heterocycles. The second-order valence-electron chi connectivity index (χ2n) is 4.99. The summed E-state index contributed by atoms with van der Waals surface area (Å²) in [5, 5.41) is 3.39. The lowest BCUT2D eigenvalue weighted by atomic mass is 10.2. The van der Waals surface area contributed by atoms with Crippen LogP contribution in [0.5, 0.6) is 0 Å². The summed E-state index contributed by atoms with van der Waals surface area (Å²) in [6.07, 6.45) is 0. The molecule has 0 bridgehead atoms. The zero-order chi connectivity index (χ0) is 14.0. The third kappa shape index (κ3) is 2.89. The molecular weight excluding hydrogens is 238 g/mol. The maximum absolute atomic E-state index is 5.55. The maximum atomic E-state index is 5.55. The fourth-order valence-electron chi connectivity index (χ4n) is 2.46. The highest BCUT2D eigenvalue weighted by molar-refractivity contribution is 5.26. The molecule has 19 heavy (non-hydrogen) atoms. The van der Waals surface area contributed by atoms with Crippen molar-refractivity contribution in [3.63, 3.8) is 0 Å². The highest BCUT2D eigenvalue weighted by atomic mass is 16.4. The first-order chi connectivity index (χ1) is 9.02. The van der Waals surface area contributed by atoms with E-state index in [0.29, 0.717) is 6.54 Å². The Bertz CT molecular complexity index is 547. The summed E-state index contributed by atoms with van der Waals surface area (Å²) < 4.78 is 7.88. The van der Waals surface area contributed by atoms with Crippen LogP contribution in [0.4, 0.5) is 0 Å². The van der Waals surface area contributed by atoms with Crippen LogP contribution in [0, 0.1) is 27.7 Å². The van der Waals surface area contributed by atoms with Crippen LogP contribution in [0.1, 0.15) is 41.2 Å². The van der Waals surface area contributed by atoms with Gasteiger partial charge in [0.05, 0.1) is 12.2 Å². The maximum Gasteiger partial charge on any atom is 0.208 e. The summed E-state index contributed by atoms with van der Waals surface area (Å²) >= 11 is 0. The molecule has 0 aliphatic rings. The van der Waals surface area contributed by atoms with Gasteiger partial charge >= 0.3 is 0 Å². The summed E-state index contributed by atoms with van der Waals surface area (Å²) in [5.41, 5.74) is 4.98. The number of nitrogens with one attached hydrogen (secondary N) is 1. The van der Waals surface area contributed by atoms with E-state index in [0.717, 1.165) is 30.4 Å². The van der Waals surface area contributed by atoms with Crippen LogP contribution in [-0.4, -0.2) is 9.55 Å². The molecule has 0 aliphatic heterocycles. The van der Waals surface area contributed by atoms with E-state index in [-0.39, 0.29) is 0 Å². The molecule has 4 nitrogen and oxygen atoms in total. The van der Waals surface area contributed by atoms with Gasteiger partial charge in [-0.2, -0.15) is 0 Å². The number of nitrogens with zero attached hydrogens (tertiary/aromatic N) is 2. The van der Waals surface area contributed by atoms with Gasteiger partial charge in [-0.15, -0.1) is 0 Å². The molecule has 0 unspecified atom stereocenters. The molecule has 4 heteroatoms. The average molecular weight is 261 g/mol. The smallest absolute Gasteiger partial charge is 0.208 e. The third-order valence-electron chi connectivity index (χ3n) is 3.66. The van der Waals surface area contributed by atoms with Gasteiger partial charge < -0.3 is 14.3 Å². The van der Waals surface area contributed by atoms with Gasteiger partial charge in [-0.3, -0.25) is 0 Å². The largest absolute Gasteiger partial charge is 0.444 e. The molecule has 2 rings (SSSR count). The van der Waals surface area contributed by atoms with E-state index in [1.54, 1.807) is 0 Å². The molecule has 2 aromatic heterocycles. The Balaban J connectivity index is 1.96. The molecule has 104 valence electrons. The van der Waals surface area contributed by atoms with Crippen molar-refractivity contribution in [2.75, 3.05) is 0 Å². The van der Waals surface area contributed by atoms with Gasteiger partial charge in [-0.25, -0.2) is 4.98 Å². The second kappa shape index (κ2) is 5.61. The quantitative estimate of drug-likeness (QED) is 0.899. The van der Waals surface area contributed by atoms with Crippen molar-refractivity contribution in [3.8, 4) is 0 Å². The number of hydrogen-bond acceptors (Lipinski definition) is 3. The van der Waals surface area contributed by atoms with Gasteiger partial charge in [0.1, 0.15) is 5.76 Å². The summed E-state index contributed by atoms with van der Waals surface area (Å²) in [7, 11) is 0. The van der Waals surface area contributed by atoms with Gasteiger partial charge in [0.2, 0.25) is 5.89 Å². The highest BCUT2D eigenvalue weighted by Gasteiger charge is 2.08. The standard InChI is InChI=1S/C15H23N3O/c1-6-18-10(2)7-14(12(18)4)8-16-9-15-17-11(3)13(5)19-15/h7,16H,6,8-9H2,1-5H3. The molecule has 0 radical (unpaired) electrons. The number of aryl methyl sites for hydroxylation is 3. The first-order valence-corrected chi connectivity index (χ1v) is 6.82. The van der Waals surface area contributed by atoms with E-state index >= 15 is 0 Å². The molecule has 1 N–H and O–H groups in total. The van der Waals surface area contributed by atoms with Crippen molar-refractivity contribution >= 4 is 0 Å². The highest BCUT2D eigenvalue weighted by Crippen LogP contribution is 2.15. The summed E-state index contributed by atoms with van der Waals surface area (Å²) in [6.45, 7) is 13.0. The molecule has 0 saturated carbocycles. The van der Waals surface area contributed by atoms with Crippen molar-refractivity contribution in [2.45, 2.75) is 54.3 Å². The minimum Gasteiger partial charge on any atom is -0.444 e. The van der Waals surface area contributed by atoms with Crippen LogP contribution in [0.25, 0.3) is 0 Å². The lowest BCUT2D eigenvalue weighted by Gasteiger charge is -2.06. The molecule has 2 aromatic rings. The molecule has 0 amide bonds. The Morgan fingerprint density at radius 1 is 1.21 bits per heavy atom. The van der Waals surface area contributed by atoms with Crippen molar-refractivity contribution < 1.29 is 4.42 Å². The third-order valence-corrected chi connectivity index (χ3v) is 3.66. The Morgan fingerprint density at radius 3 is 2.47 bits per heavy atom. The topological polar surface area (TPSA) is 43.0 Å². The van der Waals surface area contributed by atoms with Gasteiger partial charge in [0.15, 0.2) is 0 Å². The lowest BCUT2D eigenvalue weighted by molar-refractivity contribution is 0.448. The van der Waals surface area contributed by atoms with E-state index in [2.05, 4.69) is 41.7 Å². The van der Waals surface area contributed by atoms with Crippen molar-refractivity contribution in [2.24, 2.45) is 0 Å². The van der Waals surface area contributed by atoms with Crippen LogP contribution in [-0.2, 0) is 19.6 Å². The van der Waals surface area contributed by atoms with E-state index in [1.807, 2.05) is 13.8 Å². The van der Waals surface area contributed by atoms with Crippen LogP contribution in [0.3, 0.4) is 0 Å². The van der Waals surface area contributed by atoms with E-state index < -0.39 is 0 Å². The zero-order valence-electron chi connectivity index (χ0n) is 12.5. The van der Waals surface area contributed by atoms with E-state index in [4.69, 9.17) is 4.42 Å². The number of aromatic nitrogens is 2. The molecular formula is C15H23N3O. The van der Waals surface area contributed by atoms with Crippen LogP contribution < -0.4 is 5.32 Å². The Morgan fingerprint density at radius 2 is 1.95 bits per heavy atom. The fourth-order valence-corrected chi connectivity index (χ4v) is 2.46. The molecule has 0 aliphatic carbocycles. The van der Waals surface area contributed by atoms with Gasteiger partial charge in [-0.05, 0) is 46.2 Å². The fraction of sp³-hybridized carbons (Fsp3) is 0.533. The summed E-state index contributed by atoms with van der Waals surface area (Å²) in [6, 6.07) is 2.25. The van der Waals surface area contributed by atoms with Crippen LogP contribution >= 0.6 is 0 Å². The number of rotatable bonds is 5. The minimum absolute atomic E-state index is 0.671. The second-order valence-corrected chi connectivity index (χ2v) is 4.99. The van der Waals surface area contributed by atoms with E-state index in [9.17, 15) is 0 Å². The van der Waals surface area contributed by atoms with Crippen molar-refractivity contribution in [1.29, 1.82) is 0 Å². The normalized spacial score (nSPS) is 11.2. The van der Waals surface area contributed by atoms with Crippen LogP contribution in [0.15, 0.2) is 10.5 Å². The average Bonchev–Trinajstić information content (AvgIpc) is 2.81. The molecule has 0 atom stereocenters. The summed E-state index contributed by atoms with van der Waals surface area (Å²) in [4.78, 5) is 4.37. The van der Waals surface area contributed by atoms with Crippen molar-refractivity contribution in [1.82, 2.24) is 14.9 Å². The van der Waals surface area contributed by atoms with Gasteiger partial charge in [0, 0.05) is 24.5 Å². The van der Waals surface area contributed by atoms with Crippen LogP contribution in [0.2, 0.25) is 0 Å². The van der Waals surface area contributed by atoms with E-state index in [1.165, 1.54) is 17.0 Å². The molecule has 0 fully saturated rings. The predicted molar refractivity (Wildman–Crippen MR) is 76.1 cm³/mol. The molecule has 0 aromatic carbocycles. The molecule has 0 spiro atoms. The Labute approximate surface area is 114 Å². The summed E-state index contributed by atoms with van der Waals surface area (Å²) in [5.74, 6) is 1.67. The number of hydrogen-bond donors (Lipinski definition) is 1. The first-order valence-electron chi connectivity index (χ1n) is 6.82. The first kappa shape index (κ1) is 13.9. The minimum atomic E-state index is 0.671. The predicted octanol–water partition coefficient (Wildman–Crippen LogP) is 3.02. The molecule has 0 saturated heterocycles. The van der Waals surface area contributed by atoms with Gasteiger partial charge in [0.25, 0.3) is 0 Å². The zero-order valence-corrected chi connectivity index (χ0v) is 12.5. The Kier molecular flexibility index (Phi) is 4.10. The lowest BCUT2D eigenvalue weighted by Crippen LogP contribution is -2.13. The van der Waals surface area contributed by atoms with Gasteiger partial charge in [-0.1, -0.05) is 0 Å².